The summed E-state index contributed by atoms with van der Waals surface area (Å²) in [6.07, 6.45) is 1.24. The molecule has 1 aliphatic rings. The van der Waals surface area contributed by atoms with Crippen LogP contribution in [0.2, 0.25) is 0 Å². The summed E-state index contributed by atoms with van der Waals surface area (Å²) in [5.41, 5.74) is -0.829. The van der Waals surface area contributed by atoms with Crippen LogP contribution in [0.5, 0.6) is 0 Å². The third-order valence-corrected chi connectivity index (χ3v) is 3.53. The number of carboxylic acid groups (broad SMARTS) is 1. The van der Waals surface area contributed by atoms with Gasteiger partial charge in [0.05, 0.1) is 6.10 Å². The van der Waals surface area contributed by atoms with E-state index >= 15 is 0 Å². The van der Waals surface area contributed by atoms with Crippen LogP contribution in [0.15, 0.2) is 0 Å². The van der Waals surface area contributed by atoms with E-state index in [2.05, 4.69) is 13.8 Å². The Bertz CT molecular complexity index is 230. The Labute approximate surface area is 103 Å². The van der Waals surface area contributed by atoms with Gasteiger partial charge < -0.3 is 15.0 Å². The van der Waals surface area contributed by atoms with Crippen molar-refractivity contribution in [3.63, 3.8) is 0 Å². The number of hydrogen-bond donors (Lipinski definition) is 1. The van der Waals surface area contributed by atoms with E-state index in [1.807, 2.05) is 0 Å². The van der Waals surface area contributed by atoms with Crippen LogP contribution >= 0.6 is 0 Å². The molecule has 1 fully saturated rings. The maximum absolute atomic E-state index is 10.9. The van der Waals surface area contributed by atoms with Crippen LogP contribution in [0.1, 0.15) is 40.0 Å². The Morgan fingerprint density at radius 2 is 2.07 bits per heavy atom. The molecule has 0 aromatic rings. The van der Waals surface area contributed by atoms with Crippen molar-refractivity contribution in [2.45, 2.75) is 46.1 Å². The summed E-state index contributed by atoms with van der Waals surface area (Å²) in [4.78, 5) is 10.9. The van der Waals surface area contributed by atoms with Crippen LogP contribution in [-0.2, 0) is 4.79 Å². The first-order chi connectivity index (χ1) is 6.37. The molecule has 3 unspecified atom stereocenters. The van der Waals surface area contributed by atoms with Crippen LogP contribution < -0.4 is 24.0 Å². The van der Waals surface area contributed by atoms with Gasteiger partial charge in [-0.1, -0.05) is 20.8 Å². The minimum Gasteiger partial charge on any atom is -0.550 e. The second kappa shape index (κ2) is 5.38. The monoisotopic (exact) mass is 206 g/mol. The summed E-state index contributed by atoms with van der Waals surface area (Å²) in [5, 5.41) is 20.7. The predicted molar refractivity (Wildman–Crippen MR) is 51.3 cm³/mol. The molecular weight excluding hydrogens is 187 g/mol. The molecule has 0 aliphatic heterocycles. The van der Waals surface area contributed by atoms with Gasteiger partial charge in [0.2, 0.25) is 0 Å². The van der Waals surface area contributed by atoms with Crippen LogP contribution in [0, 0.1) is 17.3 Å². The van der Waals surface area contributed by atoms with Crippen molar-refractivity contribution in [2.24, 2.45) is 17.3 Å². The van der Waals surface area contributed by atoms with Crippen LogP contribution in [0.4, 0.5) is 0 Å². The van der Waals surface area contributed by atoms with Crippen molar-refractivity contribution < 1.29 is 33.9 Å². The normalized spacial score (nSPS) is 36.1. The van der Waals surface area contributed by atoms with Gasteiger partial charge in [-0.25, -0.2) is 0 Å². The Morgan fingerprint density at radius 1 is 1.53 bits per heavy atom. The van der Waals surface area contributed by atoms with Gasteiger partial charge in [-0.3, -0.25) is 0 Å². The standard InChI is InChI=1S/C11H20O3.Li/c1-7(2)8-4-5-11(3,10(13)14)6-9(8)12;/h7-9,12H,4-6H2,1-3H3,(H,13,14);/q;+1/p-1. The number of carbonyl (C=O) groups excluding carboxylic acids is 1. The molecule has 0 aromatic carbocycles. The van der Waals surface area contributed by atoms with E-state index < -0.39 is 17.5 Å². The van der Waals surface area contributed by atoms with E-state index in [1.165, 1.54) is 0 Å². The van der Waals surface area contributed by atoms with Crippen LogP contribution in [0.3, 0.4) is 0 Å². The van der Waals surface area contributed by atoms with Gasteiger partial charge in [-0.2, -0.15) is 0 Å². The first kappa shape index (κ1) is 15.0. The largest absolute Gasteiger partial charge is 1.00 e. The fraction of sp³-hybridized carbons (Fsp3) is 0.909. The zero-order valence-corrected chi connectivity index (χ0v) is 10.1. The van der Waals surface area contributed by atoms with E-state index in [0.717, 1.165) is 6.42 Å². The van der Waals surface area contributed by atoms with E-state index in [9.17, 15) is 15.0 Å². The SMILES string of the molecule is CC(C)C1CCC(C)(C(=O)[O-])CC1O.[Li+]. The molecule has 0 spiro atoms. The van der Waals surface area contributed by atoms with Crippen molar-refractivity contribution in [3.05, 3.63) is 0 Å². The molecular formula is C11H19LiO3. The maximum Gasteiger partial charge on any atom is 1.00 e. The third kappa shape index (κ3) is 3.24. The van der Waals surface area contributed by atoms with Gasteiger partial charge in [-0.05, 0) is 31.1 Å². The van der Waals surface area contributed by atoms with Crippen LogP contribution in [0.25, 0.3) is 0 Å². The molecule has 15 heavy (non-hydrogen) atoms. The molecule has 82 valence electrons. The third-order valence-electron chi connectivity index (χ3n) is 3.53. The quantitative estimate of drug-likeness (QED) is 0.511. The van der Waals surface area contributed by atoms with Crippen molar-refractivity contribution in [2.75, 3.05) is 0 Å². The van der Waals surface area contributed by atoms with Crippen LogP contribution in [-0.4, -0.2) is 17.2 Å². The fourth-order valence-electron chi connectivity index (χ4n) is 2.36. The molecule has 1 aliphatic carbocycles. The smallest absolute Gasteiger partial charge is 0.550 e. The Morgan fingerprint density at radius 3 is 2.40 bits per heavy atom. The molecule has 3 nitrogen and oxygen atoms in total. The number of carboxylic acids is 1. The van der Waals surface area contributed by atoms with Gasteiger partial charge in [0, 0.05) is 11.4 Å². The topological polar surface area (TPSA) is 60.4 Å². The molecule has 0 saturated heterocycles. The fourth-order valence-corrected chi connectivity index (χ4v) is 2.36. The number of rotatable bonds is 2. The van der Waals surface area contributed by atoms with Gasteiger partial charge in [0.1, 0.15) is 0 Å². The van der Waals surface area contributed by atoms with E-state index in [4.69, 9.17) is 0 Å². The summed E-state index contributed by atoms with van der Waals surface area (Å²) < 4.78 is 0. The van der Waals surface area contributed by atoms with Gasteiger partial charge >= 0.3 is 18.9 Å². The van der Waals surface area contributed by atoms with E-state index in [0.29, 0.717) is 18.8 Å². The summed E-state index contributed by atoms with van der Waals surface area (Å²) in [7, 11) is 0. The molecule has 0 bridgehead atoms. The first-order valence-corrected chi connectivity index (χ1v) is 5.26. The van der Waals surface area contributed by atoms with Crippen molar-refractivity contribution in [3.8, 4) is 0 Å². The van der Waals surface area contributed by atoms with Gasteiger partial charge in [0.25, 0.3) is 0 Å². The molecule has 1 rings (SSSR count). The summed E-state index contributed by atoms with van der Waals surface area (Å²) in [5.74, 6) is -0.377. The van der Waals surface area contributed by atoms with Crippen molar-refractivity contribution >= 4 is 5.97 Å². The van der Waals surface area contributed by atoms with Gasteiger partial charge in [-0.15, -0.1) is 0 Å². The Hall–Kier alpha value is 0.0274. The number of hydrogen-bond acceptors (Lipinski definition) is 3. The first-order valence-electron chi connectivity index (χ1n) is 5.26. The van der Waals surface area contributed by atoms with E-state index in [1.54, 1.807) is 6.92 Å². The second-order valence-corrected chi connectivity index (χ2v) is 5.07. The summed E-state index contributed by atoms with van der Waals surface area (Å²) in [6, 6.07) is 0. The second-order valence-electron chi connectivity index (χ2n) is 5.07. The molecule has 1 N–H and O–H groups in total. The predicted octanol–water partition coefficient (Wildman–Crippen LogP) is -2.44. The average Bonchev–Trinajstić information content (AvgIpc) is 2.02. The minimum atomic E-state index is -1.03. The number of aliphatic hydroxyl groups excluding tert-OH is 1. The number of carbonyl (C=O) groups is 1. The molecule has 3 atom stereocenters. The van der Waals surface area contributed by atoms with E-state index in [-0.39, 0.29) is 24.8 Å². The molecule has 0 aromatic heterocycles. The zero-order valence-electron chi connectivity index (χ0n) is 10.1. The van der Waals surface area contributed by atoms with Gasteiger partial charge in [0.15, 0.2) is 0 Å². The number of aliphatic carboxylic acids is 1. The molecule has 1 saturated carbocycles. The minimum absolute atomic E-state index is 0. The van der Waals surface area contributed by atoms with Crippen molar-refractivity contribution in [1.29, 1.82) is 0 Å². The molecule has 4 heteroatoms. The Balaban J connectivity index is 0.00000196. The maximum atomic E-state index is 10.9. The zero-order chi connectivity index (χ0) is 10.9. The molecule has 0 radical (unpaired) electrons. The Kier molecular flexibility index (Phi) is 5.39. The number of aliphatic hydroxyl groups is 1. The average molecular weight is 206 g/mol. The van der Waals surface area contributed by atoms with Crippen molar-refractivity contribution in [1.82, 2.24) is 0 Å². The molecule has 0 amide bonds. The molecule has 0 heterocycles. The summed E-state index contributed by atoms with van der Waals surface area (Å²) in [6.45, 7) is 5.80. The summed E-state index contributed by atoms with van der Waals surface area (Å²) >= 11 is 0.